The highest BCUT2D eigenvalue weighted by molar-refractivity contribution is 9.10. The highest BCUT2D eigenvalue weighted by Gasteiger charge is 2.12. The summed E-state index contributed by atoms with van der Waals surface area (Å²) in [5, 5.41) is 7.09. The van der Waals surface area contributed by atoms with Gasteiger partial charge in [0.1, 0.15) is 4.47 Å². The third-order valence-electron chi connectivity index (χ3n) is 2.54. The van der Waals surface area contributed by atoms with E-state index in [0.717, 1.165) is 16.4 Å². The van der Waals surface area contributed by atoms with E-state index < -0.39 is 0 Å². The molecule has 0 amide bonds. The predicted molar refractivity (Wildman–Crippen MR) is 76.1 cm³/mol. The lowest BCUT2D eigenvalue weighted by molar-refractivity contribution is 0.697. The molecule has 0 saturated heterocycles. The van der Waals surface area contributed by atoms with Gasteiger partial charge in [0.25, 0.3) is 5.56 Å². The fourth-order valence-corrected chi connectivity index (χ4v) is 2.84. The molecular weight excluding hydrogens is 316 g/mol. The molecular formula is C11H13BrN4OS. The SMILES string of the molecule is Cc1nc(CN(C)c2cnn(C)c(=O)c2Br)cs1. The second kappa shape index (κ2) is 5.19. The van der Waals surface area contributed by atoms with Crippen LogP contribution >= 0.6 is 27.3 Å². The monoisotopic (exact) mass is 328 g/mol. The van der Waals surface area contributed by atoms with Crippen LogP contribution in [0.5, 0.6) is 0 Å². The van der Waals surface area contributed by atoms with Gasteiger partial charge in [-0.25, -0.2) is 9.67 Å². The van der Waals surface area contributed by atoms with E-state index in [9.17, 15) is 4.79 Å². The van der Waals surface area contributed by atoms with Gasteiger partial charge in [-0.3, -0.25) is 4.79 Å². The Kier molecular flexibility index (Phi) is 3.82. The Morgan fingerprint density at radius 1 is 1.56 bits per heavy atom. The molecule has 0 saturated carbocycles. The van der Waals surface area contributed by atoms with Crippen LogP contribution in [0.1, 0.15) is 10.7 Å². The standard InChI is InChI=1S/C11H13BrN4OS/c1-7-14-8(6-18-7)5-15(2)9-4-13-16(3)11(17)10(9)12/h4,6H,5H2,1-3H3. The number of nitrogens with zero attached hydrogens (tertiary/aromatic N) is 4. The number of hydrogen-bond acceptors (Lipinski definition) is 5. The largest absolute Gasteiger partial charge is 0.366 e. The van der Waals surface area contributed by atoms with Crippen LogP contribution in [-0.4, -0.2) is 21.8 Å². The molecule has 2 aromatic rings. The number of hydrogen-bond donors (Lipinski definition) is 0. The molecule has 0 fully saturated rings. The molecule has 7 heteroatoms. The first-order valence-corrected chi connectivity index (χ1v) is 7.00. The molecule has 96 valence electrons. The van der Waals surface area contributed by atoms with Gasteiger partial charge in [0, 0.05) is 19.5 Å². The molecule has 5 nitrogen and oxygen atoms in total. The van der Waals surface area contributed by atoms with Crippen molar-refractivity contribution in [3.8, 4) is 0 Å². The van der Waals surface area contributed by atoms with Crippen LogP contribution in [0.25, 0.3) is 0 Å². The van der Waals surface area contributed by atoms with Crippen molar-refractivity contribution in [2.24, 2.45) is 7.05 Å². The average molecular weight is 329 g/mol. The van der Waals surface area contributed by atoms with E-state index >= 15 is 0 Å². The van der Waals surface area contributed by atoms with Crippen molar-refractivity contribution in [1.82, 2.24) is 14.8 Å². The van der Waals surface area contributed by atoms with Gasteiger partial charge in [0.05, 0.1) is 29.1 Å². The number of aryl methyl sites for hydroxylation is 2. The van der Waals surface area contributed by atoms with Crippen LogP contribution in [0.4, 0.5) is 5.69 Å². The van der Waals surface area contributed by atoms with E-state index in [1.807, 2.05) is 24.3 Å². The lowest BCUT2D eigenvalue weighted by Crippen LogP contribution is -2.25. The lowest BCUT2D eigenvalue weighted by Gasteiger charge is -2.19. The van der Waals surface area contributed by atoms with Crippen molar-refractivity contribution in [2.75, 3.05) is 11.9 Å². The van der Waals surface area contributed by atoms with Gasteiger partial charge in [-0.15, -0.1) is 11.3 Å². The van der Waals surface area contributed by atoms with E-state index in [-0.39, 0.29) is 5.56 Å². The minimum Gasteiger partial charge on any atom is -0.366 e. The molecule has 2 aromatic heterocycles. The summed E-state index contributed by atoms with van der Waals surface area (Å²) in [6, 6.07) is 0. The van der Waals surface area contributed by atoms with Crippen molar-refractivity contribution < 1.29 is 0 Å². The normalized spacial score (nSPS) is 10.7. The Labute approximate surface area is 117 Å². The van der Waals surface area contributed by atoms with Crippen LogP contribution < -0.4 is 10.5 Å². The van der Waals surface area contributed by atoms with Gasteiger partial charge in [-0.2, -0.15) is 5.10 Å². The number of anilines is 1. The second-order valence-electron chi connectivity index (χ2n) is 3.99. The maximum atomic E-state index is 11.8. The highest BCUT2D eigenvalue weighted by Crippen LogP contribution is 2.22. The first-order valence-electron chi connectivity index (χ1n) is 5.33. The summed E-state index contributed by atoms with van der Waals surface area (Å²) in [6.07, 6.45) is 1.67. The number of aromatic nitrogens is 3. The van der Waals surface area contributed by atoms with Crippen molar-refractivity contribution in [2.45, 2.75) is 13.5 Å². The Hall–Kier alpha value is -1.21. The summed E-state index contributed by atoms with van der Waals surface area (Å²) in [4.78, 5) is 18.1. The summed E-state index contributed by atoms with van der Waals surface area (Å²) in [6.45, 7) is 2.63. The van der Waals surface area contributed by atoms with Crippen LogP contribution in [-0.2, 0) is 13.6 Å². The van der Waals surface area contributed by atoms with E-state index in [0.29, 0.717) is 11.0 Å². The minimum atomic E-state index is -0.145. The molecule has 0 N–H and O–H groups in total. The second-order valence-corrected chi connectivity index (χ2v) is 5.84. The maximum absolute atomic E-state index is 11.8. The zero-order valence-electron chi connectivity index (χ0n) is 10.3. The molecule has 0 unspecified atom stereocenters. The molecule has 0 aromatic carbocycles. The number of rotatable bonds is 3. The molecule has 2 rings (SSSR count). The minimum absolute atomic E-state index is 0.145. The summed E-state index contributed by atoms with van der Waals surface area (Å²) < 4.78 is 1.82. The molecule has 0 bridgehead atoms. The fourth-order valence-electron chi connectivity index (χ4n) is 1.58. The van der Waals surface area contributed by atoms with Crippen LogP contribution in [0.15, 0.2) is 20.8 Å². The number of thiazole rings is 1. The smallest absolute Gasteiger partial charge is 0.282 e. The van der Waals surface area contributed by atoms with Gasteiger partial charge >= 0.3 is 0 Å². The van der Waals surface area contributed by atoms with Gasteiger partial charge < -0.3 is 4.90 Å². The molecule has 0 radical (unpaired) electrons. The van der Waals surface area contributed by atoms with Crippen molar-refractivity contribution in [1.29, 1.82) is 0 Å². The van der Waals surface area contributed by atoms with Crippen LogP contribution in [0.3, 0.4) is 0 Å². The van der Waals surface area contributed by atoms with Crippen molar-refractivity contribution >= 4 is 33.0 Å². The van der Waals surface area contributed by atoms with Crippen molar-refractivity contribution in [3.63, 3.8) is 0 Å². The molecule has 0 aliphatic heterocycles. The van der Waals surface area contributed by atoms with Gasteiger partial charge in [0.15, 0.2) is 0 Å². The fraction of sp³-hybridized carbons (Fsp3) is 0.364. The molecule has 2 heterocycles. The van der Waals surface area contributed by atoms with E-state index in [1.165, 1.54) is 4.68 Å². The molecule has 0 aliphatic rings. The Balaban J connectivity index is 2.26. The molecule has 0 spiro atoms. The molecule has 0 aliphatic carbocycles. The van der Waals surface area contributed by atoms with Gasteiger partial charge in [0.2, 0.25) is 0 Å². The first-order chi connectivity index (χ1) is 8.49. The van der Waals surface area contributed by atoms with Gasteiger partial charge in [-0.05, 0) is 22.9 Å². The average Bonchev–Trinajstić information content (AvgIpc) is 2.71. The lowest BCUT2D eigenvalue weighted by atomic mass is 10.3. The maximum Gasteiger partial charge on any atom is 0.282 e. The summed E-state index contributed by atoms with van der Waals surface area (Å²) in [5.74, 6) is 0. The van der Waals surface area contributed by atoms with Crippen molar-refractivity contribution in [3.05, 3.63) is 37.1 Å². The zero-order chi connectivity index (χ0) is 13.3. The number of halogens is 1. The molecule has 0 atom stereocenters. The van der Waals surface area contributed by atoms with E-state index in [1.54, 1.807) is 24.6 Å². The summed E-state index contributed by atoms with van der Waals surface area (Å²) in [7, 11) is 3.54. The Morgan fingerprint density at radius 2 is 2.28 bits per heavy atom. The predicted octanol–water partition coefficient (Wildman–Crippen LogP) is 1.94. The Morgan fingerprint density at radius 3 is 2.89 bits per heavy atom. The quantitative estimate of drug-likeness (QED) is 0.864. The first kappa shape index (κ1) is 13.2. The summed E-state index contributed by atoms with van der Waals surface area (Å²) >= 11 is 4.94. The van der Waals surface area contributed by atoms with Gasteiger partial charge in [-0.1, -0.05) is 0 Å². The summed E-state index contributed by atoms with van der Waals surface area (Å²) in [5.41, 5.74) is 1.62. The third kappa shape index (κ3) is 2.62. The third-order valence-corrected chi connectivity index (χ3v) is 4.10. The Bertz CT molecular complexity index is 622. The molecule has 18 heavy (non-hydrogen) atoms. The highest BCUT2D eigenvalue weighted by atomic mass is 79.9. The van der Waals surface area contributed by atoms with E-state index in [4.69, 9.17) is 0 Å². The topological polar surface area (TPSA) is 51.0 Å². The zero-order valence-corrected chi connectivity index (χ0v) is 12.7. The van der Waals surface area contributed by atoms with Crippen LogP contribution in [0, 0.1) is 6.92 Å². The van der Waals surface area contributed by atoms with Crippen LogP contribution in [0.2, 0.25) is 0 Å². The van der Waals surface area contributed by atoms with E-state index in [2.05, 4.69) is 26.0 Å².